The number of hydrogen-bond donors (Lipinski definition) is 1. The summed E-state index contributed by atoms with van der Waals surface area (Å²) >= 11 is 0. The van der Waals surface area contributed by atoms with Crippen LogP contribution in [0.25, 0.3) is 0 Å². The van der Waals surface area contributed by atoms with Crippen molar-refractivity contribution >= 4 is 17.3 Å². The average Bonchev–Trinajstić information content (AvgIpc) is 2.60. The lowest BCUT2D eigenvalue weighted by Crippen LogP contribution is -2.70. The van der Waals surface area contributed by atoms with E-state index >= 15 is 0 Å². The molecule has 0 atom stereocenters. The van der Waals surface area contributed by atoms with Crippen LogP contribution < -0.4 is 5.32 Å². The number of nitro groups is 1. The molecule has 0 spiro atoms. The van der Waals surface area contributed by atoms with E-state index in [9.17, 15) is 67.6 Å². The van der Waals surface area contributed by atoms with Crippen molar-refractivity contribution in [3.8, 4) is 0 Å². The van der Waals surface area contributed by atoms with Crippen LogP contribution in [-0.2, 0) is 4.79 Å². The molecule has 0 saturated heterocycles. The zero-order chi connectivity index (χ0) is 23.9. The van der Waals surface area contributed by atoms with Crippen LogP contribution >= 0.6 is 0 Å². The Morgan fingerprint density at radius 3 is 1.77 bits per heavy atom. The normalized spacial score (nSPS) is 14.0. The zero-order valence-corrected chi connectivity index (χ0v) is 13.6. The Kier molecular flexibility index (Phi) is 6.32. The zero-order valence-electron chi connectivity index (χ0n) is 13.6. The van der Waals surface area contributed by atoms with E-state index in [1.165, 1.54) is 0 Å². The van der Waals surface area contributed by atoms with Crippen molar-refractivity contribution < 1.29 is 62.4 Å². The lowest BCUT2D eigenvalue weighted by atomic mass is 9.94. The van der Waals surface area contributed by atoms with E-state index in [2.05, 4.69) is 0 Å². The molecule has 0 bridgehead atoms. The predicted molar refractivity (Wildman–Crippen MR) is 72.5 cm³/mol. The largest absolute Gasteiger partial charge is 0.393 e. The third-order valence-electron chi connectivity index (χ3n) is 3.51. The van der Waals surface area contributed by atoms with Gasteiger partial charge >= 0.3 is 41.9 Å². The van der Waals surface area contributed by atoms with Crippen molar-refractivity contribution in [1.82, 2.24) is 0 Å². The number of nitro benzene ring substituents is 1. The lowest BCUT2D eigenvalue weighted by molar-refractivity contribution is -0.406. The van der Waals surface area contributed by atoms with Gasteiger partial charge in [-0.05, 0) is 6.07 Å². The number of carbonyl (C=O) groups excluding carboxylic acids is 1. The molecule has 0 aromatic heterocycles. The number of alkyl halides is 12. The van der Waals surface area contributed by atoms with Gasteiger partial charge in [-0.15, -0.1) is 0 Å². The maximum atomic E-state index is 13.7. The summed E-state index contributed by atoms with van der Waals surface area (Å²) in [6, 6.07) is 2.67. The fourth-order valence-electron chi connectivity index (χ4n) is 1.82. The van der Waals surface area contributed by atoms with Crippen molar-refractivity contribution in [1.29, 1.82) is 0 Å². The number of carbonyl (C=O) groups is 1. The molecule has 0 saturated carbocycles. The Balaban J connectivity index is 3.42. The quantitative estimate of drug-likeness (QED) is 0.334. The highest BCUT2D eigenvalue weighted by Gasteiger charge is 2.89. The van der Waals surface area contributed by atoms with Gasteiger partial charge in [-0.1, -0.05) is 12.1 Å². The molecule has 0 radical (unpaired) electrons. The molecule has 170 valence electrons. The van der Waals surface area contributed by atoms with Gasteiger partial charge in [0.1, 0.15) is 5.69 Å². The summed E-state index contributed by atoms with van der Waals surface area (Å²) in [5.41, 5.74) is -2.51. The Labute approximate surface area is 156 Å². The van der Waals surface area contributed by atoms with Gasteiger partial charge < -0.3 is 5.32 Å². The first-order valence-electron chi connectivity index (χ1n) is 6.99. The summed E-state index contributed by atoms with van der Waals surface area (Å²) in [5, 5.41) is 11.4. The second-order valence-electron chi connectivity index (χ2n) is 5.45. The van der Waals surface area contributed by atoms with Crippen molar-refractivity contribution in [3.05, 3.63) is 34.4 Å². The van der Waals surface area contributed by atoms with Crippen LogP contribution in [-0.4, -0.2) is 46.9 Å². The van der Waals surface area contributed by atoms with Gasteiger partial charge in [0.25, 0.3) is 5.69 Å². The minimum absolute atomic E-state index is 0.446. The van der Waals surface area contributed by atoms with E-state index < -0.39 is 58.2 Å². The summed E-state index contributed by atoms with van der Waals surface area (Å²) in [5.74, 6) is -41.0. The number of anilines is 1. The molecule has 5 nitrogen and oxygen atoms in total. The number of para-hydroxylation sites is 2. The third kappa shape index (κ3) is 3.60. The number of hydrogen-bond acceptors (Lipinski definition) is 3. The molecular formula is C13H6F12N2O3. The second-order valence-corrected chi connectivity index (χ2v) is 5.45. The SMILES string of the molecule is O=C(Nc1ccccc1[N+](=O)[O-])C(F)(F)C(F)(F)C(F)(F)C(F)(F)C(F)(F)C(F)F. The number of nitrogens with zero attached hydrogens (tertiary/aromatic N) is 1. The smallest absolute Gasteiger partial charge is 0.315 e. The summed E-state index contributed by atoms with van der Waals surface area (Å²) < 4.78 is 157. The van der Waals surface area contributed by atoms with Gasteiger partial charge in [-0.2, -0.15) is 43.9 Å². The molecule has 1 aromatic carbocycles. The molecule has 0 heterocycles. The van der Waals surface area contributed by atoms with Crippen LogP contribution in [0.15, 0.2) is 24.3 Å². The van der Waals surface area contributed by atoms with Crippen LogP contribution in [0.4, 0.5) is 64.1 Å². The van der Waals surface area contributed by atoms with Crippen LogP contribution in [0.5, 0.6) is 0 Å². The van der Waals surface area contributed by atoms with E-state index in [1.54, 1.807) is 0 Å². The maximum absolute atomic E-state index is 13.7. The van der Waals surface area contributed by atoms with Crippen LogP contribution in [0.1, 0.15) is 0 Å². The van der Waals surface area contributed by atoms with Crippen LogP contribution in [0.3, 0.4) is 0 Å². The fourth-order valence-corrected chi connectivity index (χ4v) is 1.82. The number of amides is 1. The molecule has 1 rings (SSSR count). The minimum atomic E-state index is -7.89. The first kappa shape index (κ1) is 25.3. The highest BCUT2D eigenvalue weighted by molar-refractivity contribution is 5.98. The molecule has 0 unspecified atom stereocenters. The van der Waals surface area contributed by atoms with E-state index in [0.29, 0.717) is 17.4 Å². The van der Waals surface area contributed by atoms with Gasteiger partial charge in [-0.3, -0.25) is 14.9 Å². The van der Waals surface area contributed by atoms with Gasteiger partial charge in [-0.25, -0.2) is 8.78 Å². The first-order chi connectivity index (χ1) is 13.3. The Morgan fingerprint density at radius 1 is 0.867 bits per heavy atom. The fraction of sp³-hybridized carbons (Fsp3) is 0.462. The van der Waals surface area contributed by atoms with E-state index in [0.717, 1.165) is 12.1 Å². The standard InChI is InChI=1S/C13H6F12N2O3/c14-7(15)9(16,17)11(20,21)13(24,25)12(22,23)10(18,19)8(28)26-5-3-1-2-4-6(5)27(29)30/h1-4,7H,(H,26,28). The Morgan fingerprint density at radius 2 is 1.33 bits per heavy atom. The average molecular weight is 466 g/mol. The van der Waals surface area contributed by atoms with Crippen molar-refractivity contribution in [2.75, 3.05) is 5.32 Å². The van der Waals surface area contributed by atoms with Gasteiger partial charge in [0, 0.05) is 6.07 Å². The summed E-state index contributed by atoms with van der Waals surface area (Å²) in [4.78, 5) is 20.6. The van der Waals surface area contributed by atoms with Crippen molar-refractivity contribution in [3.63, 3.8) is 0 Å². The molecule has 0 fully saturated rings. The number of halogens is 12. The molecule has 1 amide bonds. The first-order valence-corrected chi connectivity index (χ1v) is 6.99. The summed E-state index contributed by atoms with van der Waals surface area (Å²) in [6.45, 7) is 0. The van der Waals surface area contributed by atoms with Gasteiger partial charge in [0.15, 0.2) is 0 Å². The third-order valence-corrected chi connectivity index (χ3v) is 3.51. The number of rotatable bonds is 8. The topological polar surface area (TPSA) is 72.2 Å². The van der Waals surface area contributed by atoms with E-state index in [-0.39, 0.29) is 0 Å². The molecule has 1 N–H and O–H groups in total. The molecular weight excluding hydrogens is 460 g/mol. The second kappa shape index (κ2) is 7.50. The molecule has 1 aromatic rings. The minimum Gasteiger partial charge on any atom is -0.315 e. The van der Waals surface area contributed by atoms with E-state index in [4.69, 9.17) is 0 Å². The number of nitrogens with one attached hydrogen (secondary N) is 1. The van der Waals surface area contributed by atoms with Crippen LogP contribution in [0, 0.1) is 10.1 Å². The van der Waals surface area contributed by atoms with Gasteiger partial charge in [0.2, 0.25) is 0 Å². The summed E-state index contributed by atoms with van der Waals surface area (Å²) in [6.07, 6.45) is -5.68. The molecule has 17 heteroatoms. The van der Waals surface area contributed by atoms with Crippen molar-refractivity contribution in [2.45, 2.75) is 36.0 Å². The van der Waals surface area contributed by atoms with Crippen LogP contribution in [0.2, 0.25) is 0 Å². The summed E-state index contributed by atoms with van der Waals surface area (Å²) in [7, 11) is 0. The predicted octanol–water partition coefficient (Wildman–Crippen LogP) is 4.97. The molecule has 30 heavy (non-hydrogen) atoms. The lowest BCUT2D eigenvalue weighted by Gasteiger charge is -2.38. The monoisotopic (exact) mass is 466 g/mol. The molecule has 0 aliphatic heterocycles. The van der Waals surface area contributed by atoms with E-state index in [1.807, 2.05) is 0 Å². The molecule has 0 aliphatic carbocycles. The van der Waals surface area contributed by atoms with Gasteiger partial charge in [0.05, 0.1) is 4.92 Å². The highest BCUT2D eigenvalue weighted by atomic mass is 19.4. The Bertz CT molecular complexity index is 827. The number of benzene rings is 1. The maximum Gasteiger partial charge on any atom is 0.393 e. The highest BCUT2D eigenvalue weighted by Crippen LogP contribution is 2.58. The molecule has 0 aliphatic rings. The van der Waals surface area contributed by atoms with Crippen molar-refractivity contribution in [2.24, 2.45) is 0 Å². The Hall–Kier alpha value is -2.75.